The molecule has 24 heavy (non-hydrogen) atoms. The van der Waals surface area contributed by atoms with Gasteiger partial charge in [0, 0.05) is 12.5 Å². The maximum absolute atomic E-state index is 8.81. The van der Waals surface area contributed by atoms with E-state index >= 15 is 0 Å². The van der Waals surface area contributed by atoms with E-state index in [-0.39, 0.29) is 12.0 Å². The lowest BCUT2D eigenvalue weighted by molar-refractivity contribution is 0.146. The molecule has 1 N–H and O–H groups in total. The van der Waals surface area contributed by atoms with Crippen LogP contribution in [0.4, 0.5) is 0 Å². The minimum atomic E-state index is -0.124. The molecule has 130 valence electrons. The normalized spacial score (nSPS) is 11.3. The zero-order chi connectivity index (χ0) is 17.4. The lowest BCUT2D eigenvalue weighted by Gasteiger charge is -2.26. The highest BCUT2D eigenvalue weighted by Gasteiger charge is 2.23. The standard InChI is InChI=1S/C20H26O4/c1-20(2,16-4-8-18(9-5-16)23-13-12-21)17-6-10-19(11-7-17)24-15-14-22-3/h4-11,21H,12-15H2,1-3H3. The maximum atomic E-state index is 8.81. The van der Waals surface area contributed by atoms with Crippen molar-refractivity contribution in [1.29, 1.82) is 0 Å². The third-order valence-electron chi connectivity index (χ3n) is 4.07. The van der Waals surface area contributed by atoms with Crippen molar-refractivity contribution in [2.24, 2.45) is 0 Å². The molecule has 0 aliphatic heterocycles. The first kappa shape index (κ1) is 18.3. The molecule has 2 aromatic carbocycles. The van der Waals surface area contributed by atoms with E-state index in [2.05, 4.69) is 38.1 Å². The van der Waals surface area contributed by atoms with Crippen LogP contribution in [0.25, 0.3) is 0 Å². The van der Waals surface area contributed by atoms with Crippen molar-refractivity contribution in [3.05, 3.63) is 59.7 Å². The summed E-state index contributed by atoms with van der Waals surface area (Å²) in [5, 5.41) is 8.81. The Morgan fingerprint density at radius 2 is 1.21 bits per heavy atom. The van der Waals surface area contributed by atoms with Gasteiger partial charge in [-0.25, -0.2) is 0 Å². The lowest BCUT2D eigenvalue weighted by Crippen LogP contribution is -2.18. The summed E-state index contributed by atoms with van der Waals surface area (Å²) in [5.41, 5.74) is 2.29. The Morgan fingerprint density at radius 3 is 1.62 bits per heavy atom. The van der Waals surface area contributed by atoms with E-state index in [1.54, 1.807) is 7.11 Å². The number of methoxy groups -OCH3 is 1. The first-order valence-electron chi connectivity index (χ1n) is 8.14. The highest BCUT2D eigenvalue weighted by molar-refractivity contribution is 5.41. The second-order valence-corrected chi connectivity index (χ2v) is 6.09. The molecular formula is C20H26O4. The Labute approximate surface area is 144 Å². The Balaban J connectivity index is 2.08. The maximum Gasteiger partial charge on any atom is 0.119 e. The van der Waals surface area contributed by atoms with Crippen molar-refractivity contribution in [2.75, 3.05) is 33.5 Å². The largest absolute Gasteiger partial charge is 0.491 e. The quantitative estimate of drug-likeness (QED) is 0.716. The molecule has 0 spiro atoms. The van der Waals surface area contributed by atoms with Gasteiger partial charge in [-0.15, -0.1) is 0 Å². The van der Waals surface area contributed by atoms with Crippen molar-refractivity contribution >= 4 is 0 Å². The Kier molecular flexibility index (Phi) is 6.64. The van der Waals surface area contributed by atoms with Crippen LogP contribution in [-0.4, -0.2) is 38.6 Å². The number of ether oxygens (including phenoxy) is 3. The zero-order valence-corrected chi connectivity index (χ0v) is 14.6. The number of aliphatic hydroxyl groups is 1. The molecule has 0 radical (unpaired) electrons. The second-order valence-electron chi connectivity index (χ2n) is 6.09. The first-order valence-corrected chi connectivity index (χ1v) is 8.14. The zero-order valence-electron chi connectivity index (χ0n) is 14.6. The van der Waals surface area contributed by atoms with Crippen LogP contribution in [0.1, 0.15) is 25.0 Å². The van der Waals surface area contributed by atoms with E-state index in [9.17, 15) is 0 Å². The molecule has 4 heteroatoms. The fraction of sp³-hybridized carbons (Fsp3) is 0.400. The minimum Gasteiger partial charge on any atom is -0.491 e. The summed E-state index contributed by atoms with van der Waals surface area (Å²) in [4.78, 5) is 0. The molecule has 0 saturated carbocycles. The number of benzene rings is 2. The highest BCUT2D eigenvalue weighted by atomic mass is 16.5. The first-order chi connectivity index (χ1) is 11.6. The average Bonchev–Trinajstić information content (AvgIpc) is 2.61. The molecule has 0 amide bonds. The van der Waals surface area contributed by atoms with E-state index in [1.807, 2.05) is 24.3 Å². The summed E-state index contributed by atoms with van der Waals surface area (Å²) in [7, 11) is 1.66. The SMILES string of the molecule is COCCOc1ccc(C(C)(C)c2ccc(OCCO)cc2)cc1. The van der Waals surface area contributed by atoms with E-state index < -0.39 is 0 Å². The van der Waals surface area contributed by atoms with E-state index in [4.69, 9.17) is 19.3 Å². The predicted octanol–water partition coefficient (Wildman–Crippen LogP) is 3.41. The molecule has 0 atom stereocenters. The van der Waals surface area contributed by atoms with Gasteiger partial charge < -0.3 is 19.3 Å². The summed E-state index contributed by atoms with van der Waals surface area (Å²) in [6.45, 7) is 5.85. The Morgan fingerprint density at radius 1 is 0.750 bits per heavy atom. The van der Waals surface area contributed by atoms with Gasteiger partial charge in [0.25, 0.3) is 0 Å². The third kappa shape index (κ3) is 4.73. The van der Waals surface area contributed by atoms with Crippen molar-refractivity contribution in [1.82, 2.24) is 0 Å². The van der Waals surface area contributed by atoms with Gasteiger partial charge >= 0.3 is 0 Å². The van der Waals surface area contributed by atoms with Crippen LogP contribution in [0.2, 0.25) is 0 Å². The van der Waals surface area contributed by atoms with Gasteiger partial charge in [-0.3, -0.25) is 0 Å². The summed E-state index contributed by atoms with van der Waals surface area (Å²) >= 11 is 0. The topological polar surface area (TPSA) is 47.9 Å². The number of aliphatic hydroxyl groups excluding tert-OH is 1. The van der Waals surface area contributed by atoms with Crippen molar-refractivity contribution in [2.45, 2.75) is 19.3 Å². The second kappa shape index (κ2) is 8.71. The Bertz CT molecular complexity index is 603. The smallest absolute Gasteiger partial charge is 0.119 e. The van der Waals surface area contributed by atoms with Gasteiger partial charge in [0.05, 0.1) is 13.2 Å². The van der Waals surface area contributed by atoms with E-state index in [1.165, 1.54) is 11.1 Å². The van der Waals surface area contributed by atoms with Crippen LogP contribution >= 0.6 is 0 Å². The van der Waals surface area contributed by atoms with Crippen molar-refractivity contribution < 1.29 is 19.3 Å². The predicted molar refractivity (Wildman–Crippen MR) is 95.0 cm³/mol. The molecule has 2 aromatic rings. The minimum absolute atomic E-state index is 0.0199. The molecule has 0 aliphatic carbocycles. The van der Waals surface area contributed by atoms with Crippen LogP contribution in [0, 0.1) is 0 Å². The highest BCUT2D eigenvalue weighted by Crippen LogP contribution is 2.33. The monoisotopic (exact) mass is 330 g/mol. The Hall–Kier alpha value is -2.04. The van der Waals surface area contributed by atoms with Gasteiger partial charge in [0.2, 0.25) is 0 Å². The summed E-state index contributed by atoms with van der Waals surface area (Å²) in [5.74, 6) is 1.62. The third-order valence-corrected chi connectivity index (χ3v) is 4.07. The van der Waals surface area contributed by atoms with E-state index in [0.717, 1.165) is 11.5 Å². The van der Waals surface area contributed by atoms with Gasteiger partial charge in [-0.05, 0) is 35.4 Å². The van der Waals surface area contributed by atoms with Crippen LogP contribution in [0.5, 0.6) is 11.5 Å². The molecule has 0 heterocycles. The number of rotatable bonds is 9. The summed E-state index contributed by atoms with van der Waals surface area (Å²) in [6.07, 6.45) is 0. The molecule has 0 fully saturated rings. The van der Waals surface area contributed by atoms with Crippen LogP contribution in [-0.2, 0) is 10.2 Å². The van der Waals surface area contributed by atoms with Gasteiger partial charge in [-0.2, -0.15) is 0 Å². The molecule has 0 saturated heterocycles. The lowest BCUT2D eigenvalue weighted by atomic mass is 9.78. The van der Waals surface area contributed by atoms with Gasteiger partial charge in [0.15, 0.2) is 0 Å². The molecule has 0 bridgehead atoms. The van der Waals surface area contributed by atoms with Crippen molar-refractivity contribution in [3.8, 4) is 11.5 Å². The summed E-state index contributed by atoms with van der Waals surface area (Å²) in [6, 6.07) is 16.2. The number of hydrogen-bond donors (Lipinski definition) is 1. The van der Waals surface area contributed by atoms with Crippen molar-refractivity contribution in [3.63, 3.8) is 0 Å². The van der Waals surface area contributed by atoms with Gasteiger partial charge in [0.1, 0.15) is 24.7 Å². The molecule has 2 rings (SSSR count). The molecular weight excluding hydrogens is 304 g/mol. The molecule has 0 unspecified atom stereocenters. The molecule has 0 aliphatic rings. The number of hydrogen-bond acceptors (Lipinski definition) is 4. The van der Waals surface area contributed by atoms with Crippen LogP contribution in [0.15, 0.2) is 48.5 Å². The van der Waals surface area contributed by atoms with E-state index in [0.29, 0.717) is 19.8 Å². The summed E-state index contributed by atoms with van der Waals surface area (Å²) < 4.78 is 16.0. The van der Waals surface area contributed by atoms with Gasteiger partial charge in [-0.1, -0.05) is 38.1 Å². The fourth-order valence-electron chi connectivity index (χ4n) is 2.51. The fourth-order valence-corrected chi connectivity index (χ4v) is 2.51. The average molecular weight is 330 g/mol. The van der Waals surface area contributed by atoms with Crippen LogP contribution in [0.3, 0.4) is 0 Å². The molecule has 0 aromatic heterocycles. The van der Waals surface area contributed by atoms with Crippen LogP contribution < -0.4 is 9.47 Å². The molecule has 4 nitrogen and oxygen atoms in total.